The van der Waals surface area contributed by atoms with E-state index in [1.807, 2.05) is 0 Å². The maximum atomic E-state index is 6.64. The van der Waals surface area contributed by atoms with Crippen molar-refractivity contribution in [2.24, 2.45) is 9.98 Å². The van der Waals surface area contributed by atoms with E-state index < -0.39 is 0 Å². The summed E-state index contributed by atoms with van der Waals surface area (Å²) in [7, 11) is 0. The Morgan fingerprint density at radius 2 is 0.956 bits per heavy atom. The van der Waals surface area contributed by atoms with Crippen LogP contribution in [0.4, 0.5) is 11.4 Å². The lowest BCUT2D eigenvalue weighted by molar-refractivity contribution is 0.590. The first-order valence-electron chi connectivity index (χ1n) is 23.6. The molecule has 0 bridgehead atoms. The van der Waals surface area contributed by atoms with Gasteiger partial charge in [-0.25, -0.2) is 0 Å². The van der Waals surface area contributed by atoms with Gasteiger partial charge in [0.25, 0.3) is 0 Å². The van der Waals surface area contributed by atoms with Crippen molar-refractivity contribution >= 4 is 78.1 Å². The van der Waals surface area contributed by atoms with Crippen LogP contribution in [0.1, 0.15) is 65.2 Å². The average Bonchev–Trinajstić information content (AvgIpc) is 3.75. The van der Waals surface area contributed by atoms with Crippen molar-refractivity contribution in [3.8, 4) is 44.5 Å². The standard InChI is InChI=1S/C65H54N2O/c1-40(44-15-11-16-45(36-44)46-17-12-18-49(37-46)53-20-13-21-56-60-52-19-10-9-14-43(52)28-35-59(60)68-63(53)56)67-62-58-39-48(42-24-31-51(32-25-42)65(5,6)7)27-34-55(58)54-33-26-47(38-57(54)61(62)66-8)41-22-29-50(30-23-41)64(2,3)4/h9-39H,8H2,1-7H3. The van der Waals surface area contributed by atoms with Crippen LogP contribution in [0.2, 0.25) is 0 Å². The molecule has 0 spiro atoms. The third kappa shape index (κ3) is 7.58. The molecule has 0 atom stereocenters. The third-order valence-electron chi connectivity index (χ3n) is 13.8. The average molecular weight is 879 g/mol. The molecule has 0 aliphatic rings. The second-order valence-electron chi connectivity index (χ2n) is 20.3. The van der Waals surface area contributed by atoms with Gasteiger partial charge in [-0.1, -0.05) is 199 Å². The number of nitrogens with zero attached hydrogens (tertiary/aromatic N) is 2. The summed E-state index contributed by atoms with van der Waals surface area (Å²) >= 11 is 0. The van der Waals surface area contributed by atoms with E-state index in [1.165, 1.54) is 21.9 Å². The molecule has 0 aliphatic carbocycles. The molecule has 11 rings (SSSR count). The SMILES string of the molecule is C=Nc1c(N=C(C)c2cccc(-c3cccc(-c4cccc5c4oc4ccc6ccccc6c45)c3)c2)c2cc(-c3ccc(C(C)(C)C)cc3)ccc2c2ccc(-c3ccc(C(C)(C)C)cc3)cc12. The molecule has 330 valence electrons. The summed E-state index contributed by atoms with van der Waals surface area (Å²) in [6.07, 6.45) is 0. The fourth-order valence-electron chi connectivity index (χ4n) is 9.98. The zero-order valence-corrected chi connectivity index (χ0v) is 39.9. The Morgan fingerprint density at radius 3 is 1.59 bits per heavy atom. The van der Waals surface area contributed by atoms with E-state index in [4.69, 9.17) is 14.4 Å². The molecule has 68 heavy (non-hydrogen) atoms. The summed E-state index contributed by atoms with van der Waals surface area (Å²) in [5.41, 5.74) is 17.0. The largest absolute Gasteiger partial charge is 0.455 e. The van der Waals surface area contributed by atoms with Crippen molar-refractivity contribution in [1.82, 2.24) is 0 Å². The molecule has 0 radical (unpaired) electrons. The minimum Gasteiger partial charge on any atom is -0.455 e. The Hall–Kier alpha value is -7.88. The van der Waals surface area contributed by atoms with Crippen molar-refractivity contribution < 1.29 is 4.42 Å². The van der Waals surface area contributed by atoms with Crippen LogP contribution in [0.25, 0.3) is 98.8 Å². The van der Waals surface area contributed by atoms with Crippen LogP contribution in [-0.4, -0.2) is 12.4 Å². The fourth-order valence-corrected chi connectivity index (χ4v) is 9.98. The Labute approximate surface area is 399 Å². The first-order chi connectivity index (χ1) is 32.8. The number of para-hydroxylation sites is 1. The van der Waals surface area contributed by atoms with Gasteiger partial charge in [-0.3, -0.25) is 9.98 Å². The van der Waals surface area contributed by atoms with Gasteiger partial charge in [0, 0.05) is 32.8 Å². The summed E-state index contributed by atoms with van der Waals surface area (Å²) in [5, 5.41) is 9.00. The molecule has 10 aromatic carbocycles. The highest BCUT2D eigenvalue weighted by atomic mass is 16.3. The smallest absolute Gasteiger partial charge is 0.143 e. The monoisotopic (exact) mass is 878 g/mol. The zero-order valence-electron chi connectivity index (χ0n) is 39.9. The van der Waals surface area contributed by atoms with Crippen molar-refractivity contribution in [1.29, 1.82) is 0 Å². The quantitative estimate of drug-likeness (QED) is 0.116. The van der Waals surface area contributed by atoms with Crippen LogP contribution in [0, 0.1) is 0 Å². The lowest BCUT2D eigenvalue weighted by Gasteiger charge is -2.20. The molecule has 0 N–H and O–H groups in total. The minimum absolute atomic E-state index is 0.0680. The minimum atomic E-state index is 0.0680. The van der Waals surface area contributed by atoms with Crippen molar-refractivity contribution in [2.75, 3.05) is 0 Å². The van der Waals surface area contributed by atoms with E-state index in [0.717, 1.165) is 111 Å². The van der Waals surface area contributed by atoms with Gasteiger partial charge in [0.1, 0.15) is 11.2 Å². The topological polar surface area (TPSA) is 37.9 Å². The zero-order chi connectivity index (χ0) is 46.9. The summed E-state index contributed by atoms with van der Waals surface area (Å²) in [6, 6.07) is 68.1. The molecule has 0 amide bonds. The predicted octanol–water partition coefficient (Wildman–Crippen LogP) is 18.8. The van der Waals surface area contributed by atoms with E-state index in [1.54, 1.807) is 0 Å². The number of rotatable bonds is 7. The van der Waals surface area contributed by atoms with Crippen LogP contribution in [-0.2, 0) is 10.8 Å². The summed E-state index contributed by atoms with van der Waals surface area (Å²) in [6.45, 7) is 19.8. The van der Waals surface area contributed by atoms with Gasteiger partial charge in [-0.05, 0) is 132 Å². The maximum absolute atomic E-state index is 6.64. The van der Waals surface area contributed by atoms with Crippen molar-refractivity contribution in [3.63, 3.8) is 0 Å². The number of hydrogen-bond acceptors (Lipinski definition) is 3. The van der Waals surface area contributed by atoms with Crippen molar-refractivity contribution in [2.45, 2.75) is 59.3 Å². The number of benzene rings is 10. The summed E-state index contributed by atoms with van der Waals surface area (Å²) in [4.78, 5) is 10.4. The van der Waals surface area contributed by atoms with Gasteiger partial charge in [-0.15, -0.1) is 0 Å². The number of furan rings is 1. The Kier molecular flexibility index (Phi) is 10.4. The van der Waals surface area contributed by atoms with E-state index in [9.17, 15) is 0 Å². The molecule has 3 nitrogen and oxygen atoms in total. The van der Waals surface area contributed by atoms with Gasteiger partial charge < -0.3 is 4.42 Å². The normalized spacial score (nSPS) is 12.5. The van der Waals surface area contributed by atoms with Gasteiger partial charge in [0.2, 0.25) is 0 Å². The van der Waals surface area contributed by atoms with Gasteiger partial charge in [-0.2, -0.15) is 0 Å². The third-order valence-corrected chi connectivity index (χ3v) is 13.8. The first-order valence-corrected chi connectivity index (χ1v) is 23.6. The molecule has 0 saturated carbocycles. The molecule has 0 aliphatic heterocycles. The second-order valence-corrected chi connectivity index (χ2v) is 20.3. The van der Waals surface area contributed by atoms with Gasteiger partial charge >= 0.3 is 0 Å². The summed E-state index contributed by atoms with van der Waals surface area (Å²) in [5.74, 6) is 0. The highest BCUT2D eigenvalue weighted by Crippen LogP contribution is 2.47. The number of hydrogen-bond donors (Lipinski definition) is 0. The lowest BCUT2D eigenvalue weighted by Crippen LogP contribution is -2.10. The molecule has 0 saturated heterocycles. The highest BCUT2D eigenvalue weighted by molar-refractivity contribution is 6.22. The van der Waals surface area contributed by atoms with Crippen LogP contribution in [0.15, 0.2) is 202 Å². The van der Waals surface area contributed by atoms with E-state index in [0.29, 0.717) is 0 Å². The molecule has 3 heteroatoms. The Morgan fingerprint density at radius 1 is 0.426 bits per heavy atom. The number of aliphatic imine (C=N–C) groups is 2. The van der Waals surface area contributed by atoms with Crippen LogP contribution >= 0.6 is 0 Å². The molecule has 0 unspecified atom stereocenters. The lowest BCUT2D eigenvalue weighted by atomic mass is 9.85. The van der Waals surface area contributed by atoms with Crippen molar-refractivity contribution in [3.05, 3.63) is 205 Å². The number of fused-ring (bicyclic) bond motifs is 8. The second kappa shape index (κ2) is 16.5. The van der Waals surface area contributed by atoms with E-state index in [2.05, 4.69) is 243 Å². The molecule has 0 fully saturated rings. The molecular weight excluding hydrogens is 825 g/mol. The van der Waals surface area contributed by atoms with Crippen LogP contribution < -0.4 is 0 Å². The van der Waals surface area contributed by atoms with E-state index >= 15 is 0 Å². The van der Waals surface area contributed by atoms with Crippen LogP contribution in [0.3, 0.4) is 0 Å². The summed E-state index contributed by atoms with van der Waals surface area (Å²) < 4.78 is 6.64. The molecule has 1 aromatic heterocycles. The maximum Gasteiger partial charge on any atom is 0.143 e. The Bertz CT molecular complexity index is 3810. The predicted molar refractivity (Wildman–Crippen MR) is 293 cm³/mol. The molecule has 11 aromatic rings. The highest BCUT2D eigenvalue weighted by Gasteiger charge is 2.20. The van der Waals surface area contributed by atoms with Crippen LogP contribution in [0.5, 0.6) is 0 Å². The molecular formula is C65H54N2O. The van der Waals surface area contributed by atoms with E-state index in [-0.39, 0.29) is 10.8 Å². The first kappa shape index (κ1) is 42.7. The molecule has 1 heterocycles. The fraction of sp³-hybridized carbons (Fsp3) is 0.138. The van der Waals surface area contributed by atoms with Gasteiger partial charge in [0.05, 0.1) is 11.4 Å². The van der Waals surface area contributed by atoms with Gasteiger partial charge in [0.15, 0.2) is 0 Å². The Balaban J connectivity index is 1.03.